The molecule has 0 unspecified atom stereocenters. The van der Waals surface area contributed by atoms with Crippen LogP contribution in [0.5, 0.6) is 5.75 Å². The molecule has 1 aromatic heterocycles. The van der Waals surface area contributed by atoms with E-state index < -0.39 is 11.6 Å². The maximum atomic E-state index is 14.1. The van der Waals surface area contributed by atoms with Gasteiger partial charge >= 0.3 is 0 Å². The minimum atomic E-state index is -0.580. The van der Waals surface area contributed by atoms with Gasteiger partial charge in [-0.15, -0.1) is 0 Å². The molecule has 106 valence electrons. The van der Waals surface area contributed by atoms with Gasteiger partial charge in [-0.1, -0.05) is 13.0 Å². The number of methoxy groups -OCH3 is 1. The van der Waals surface area contributed by atoms with Crippen molar-refractivity contribution in [2.45, 2.75) is 19.9 Å². The first-order chi connectivity index (χ1) is 9.60. The zero-order valence-corrected chi connectivity index (χ0v) is 12.8. The molecule has 0 N–H and O–H groups in total. The molecule has 1 heterocycles. The Morgan fingerprint density at radius 2 is 2.25 bits per heavy atom. The first kappa shape index (κ1) is 14.7. The van der Waals surface area contributed by atoms with Gasteiger partial charge in [0.2, 0.25) is 5.78 Å². The van der Waals surface area contributed by atoms with Crippen LogP contribution in [0.3, 0.4) is 0 Å². The van der Waals surface area contributed by atoms with Crippen LogP contribution in [0.25, 0.3) is 0 Å². The molecule has 20 heavy (non-hydrogen) atoms. The van der Waals surface area contributed by atoms with Crippen LogP contribution in [0.2, 0.25) is 0 Å². The number of aromatic nitrogens is 2. The number of ketones is 1. The maximum Gasteiger partial charge on any atom is 0.217 e. The lowest BCUT2D eigenvalue weighted by atomic mass is 10.1. The molecule has 0 amide bonds. The summed E-state index contributed by atoms with van der Waals surface area (Å²) in [6, 6.07) is 4.62. The number of halogens is 2. The average Bonchev–Trinajstić information content (AvgIpc) is 2.84. The molecule has 0 atom stereocenters. The minimum Gasteiger partial charge on any atom is -0.493 e. The summed E-state index contributed by atoms with van der Waals surface area (Å²) in [5.41, 5.74) is 0.266. The smallest absolute Gasteiger partial charge is 0.217 e. The van der Waals surface area contributed by atoms with E-state index in [4.69, 9.17) is 4.74 Å². The van der Waals surface area contributed by atoms with Crippen LogP contribution in [-0.4, -0.2) is 22.7 Å². The number of nitrogens with zero attached hydrogens (tertiary/aromatic N) is 2. The summed E-state index contributed by atoms with van der Waals surface area (Å²) < 4.78 is 21.0. The second-order valence-electron chi connectivity index (χ2n) is 4.22. The predicted molar refractivity (Wildman–Crippen MR) is 76.6 cm³/mol. The fourth-order valence-corrected chi connectivity index (χ4v) is 2.30. The Labute approximate surface area is 124 Å². The van der Waals surface area contributed by atoms with Crippen LogP contribution >= 0.6 is 15.9 Å². The van der Waals surface area contributed by atoms with E-state index in [-0.39, 0.29) is 15.7 Å². The molecule has 0 spiro atoms. The second kappa shape index (κ2) is 6.17. The highest BCUT2D eigenvalue weighted by Gasteiger charge is 2.23. The average molecular weight is 341 g/mol. The van der Waals surface area contributed by atoms with Gasteiger partial charge in [0.15, 0.2) is 11.4 Å². The molecule has 0 saturated carbocycles. The van der Waals surface area contributed by atoms with E-state index in [2.05, 4.69) is 21.0 Å². The Kier molecular flexibility index (Phi) is 4.54. The molecule has 0 aliphatic heterocycles. The summed E-state index contributed by atoms with van der Waals surface area (Å²) in [4.78, 5) is 12.6. The Morgan fingerprint density at radius 3 is 2.90 bits per heavy atom. The molecule has 0 fully saturated rings. The van der Waals surface area contributed by atoms with Crippen molar-refractivity contribution in [1.82, 2.24) is 9.78 Å². The molecule has 0 radical (unpaired) electrons. The largest absolute Gasteiger partial charge is 0.493 e. The van der Waals surface area contributed by atoms with Crippen molar-refractivity contribution < 1.29 is 13.9 Å². The molecule has 0 aliphatic carbocycles. The fourth-order valence-electron chi connectivity index (χ4n) is 1.93. The Hall–Kier alpha value is -1.69. The topological polar surface area (TPSA) is 44.1 Å². The van der Waals surface area contributed by atoms with Gasteiger partial charge in [-0.2, -0.15) is 5.10 Å². The minimum absolute atomic E-state index is 0.00414. The van der Waals surface area contributed by atoms with Gasteiger partial charge in [0.1, 0.15) is 5.82 Å². The third-order valence-electron chi connectivity index (χ3n) is 2.87. The first-order valence-electron chi connectivity index (χ1n) is 6.18. The van der Waals surface area contributed by atoms with Gasteiger partial charge in [0, 0.05) is 6.54 Å². The first-order valence-corrected chi connectivity index (χ1v) is 6.98. The van der Waals surface area contributed by atoms with E-state index in [9.17, 15) is 9.18 Å². The molecule has 0 aliphatic rings. The van der Waals surface area contributed by atoms with Crippen molar-refractivity contribution in [2.75, 3.05) is 7.11 Å². The fraction of sp³-hybridized carbons (Fsp3) is 0.286. The van der Waals surface area contributed by atoms with Gasteiger partial charge in [-0.25, -0.2) is 4.39 Å². The van der Waals surface area contributed by atoms with Crippen LogP contribution in [0.4, 0.5) is 4.39 Å². The zero-order valence-electron chi connectivity index (χ0n) is 11.2. The summed E-state index contributed by atoms with van der Waals surface area (Å²) in [5.74, 6) is -0.668. The molecular weight excluding hydrogens is 327 g/mol. The number of hydrogen-bond acceptors (Lipinski definition) is 3. The number of carbonyl (C=O) groups excluding carboxylic acids is 1. The normalized spacial score (nSPS) is 10.6. The molecular formula is C14H14BrFN2O2. The summed E-state index contributed by atoms with van der Waals surface area (Å²) in [6.45, 7) is 2.54. The second-order valence-corrected chi connectivity index (χ2v) is 5.07. The van der Waals surface area contributed by atoms with Gasteiger partial charge in [-0.3, -0.25) is 9.48 Å². The van der Waals surface area contributed by atoms with Crippen molar-refractivity contribution in [3.05, 3.63) is 45.9 Å². The molecule has 4 nitrogen and oxygen atoms in total. The molecule has 0 bridgehead atoms. The van der Waals surface area contributed by atoms with Crippen LogP contribution in [0.1, 0.15) is 29.4 Å². The van der Waals surface area contributed by atoms with Crippen molar-refractivity contribution in [2.24, 2.45) is 0 Å². The van der Waals surface area contributed by atoms with E-state index in [1.807, 2.05) is 6.92 Å². The van der Waals surface area contributed by atoms with Crippen molar-refractivity contribution in [3.63, 3.8) is 0 Å². The van der Waals surface area contributed by atoms with Crippen molar-refractivity contribution >= 4 is 21.7 Å². The Bertz CT molecular complexity index is 640. The maximum absolute atomic E-state index is 14.1. The van der Waals surface area contributed by atoms with Crippen LogP contribution in [0, 0.1) is 5.82 Å². The number of carbonyl (C=O) groups is 1. The summed E-state index contributed by atoms with van der Waals surface area (Å²) in [7, 11) is 1.46. The van der Waals surface area contributed by atoms with Gasteiger partial charge < -0.3 is 4.74 Å². The molecule has 2 rings (SSSR count). The van der Waals surface area contributed by atoms with Crippen LogP contribution in [0.15, 0.2) is 28.9 Å². The number of aryl methyl sites for hydroxylation is 1. The Balaban J connectivity index is 2.52. The van der Waals surface area contributed by atoms with Crippen molar-refractivity contribution in [3.8, 4) is 5.75 Å². The number of benzene rings is 1. The quantitative estimate of drug-likeness (QED) is 0.783. The monoisotopic (exact) mass is 340 g/mol. The summed E-state index contributed by atoms with van der Waals surface area (Å²) in [6.07, 6.45) is 2.28. The van der Waals surface area contributed by atoms with E-state index in [0.29, 0.717) is 12.3 Å². The lowest BCUT2D eigenvalue weighted by molar-refractivity contribution is 0.102. The summed E-state index contributed by atoms with van der Waals surface area (Å²) in [5, 5.41) is 4.11. The van der Waals surface area contributed by atoms with E-state index in [0.717, 1.165) is 6.42 Å². The molecule has 0 saturated heterocycles. The lowest BCUT2D eigenvalue weighted by Crippen LogP contribution is -2.14. The highest BCUT2D eigenvalue weighted by Crippen LogP contribution is 2.25. The number of hydrogen-bond donors (Lipinski definition) is 0. The van der Waals surface area contributed by atoms with E-state index >= 15 is 0 Å². The zero-order chi connectivity index (χ0) is 14.7. The van der Waals surface area contributed by atoms with E-state index in [1.165, 1.54) is 19.4 Å². The van der Waals surface area contributed by atoms with Gasteiger partial charge in [-0.05, 0) is 34.5 Å². The number of ether oxygens (including phenoxy) is 1. The number of rotatable bonds is 5. The molecule has 2 aromatic rings. The molecule has 6 heteroatoms. The third-order valence-corrected chi connectivity index (χ3v) is 3.48. The van der Waals surface area contributed by atoms with Crippen LogP contribution < -0.4 is 4.74 Å². The van der Waals surface area contributed by atoms with Gasteiger partial charge in [0.05, 0.1) is 23.3 Å². The Morgan fingerprint density at radius 1 is 1.50 bits per heavy atom. The predicted octanol–water partition coefficient (Wildman–Crippen LogP) is 3.43. The SMILES string of the molecule is CCCn1ncc(OC)c1C(=O)c1cccc(Br)c1F. The molecule has 1 aromatic carbocycles. The summed E-state index contributed by atoms with van der Waals surface area (Å²) >= 11 is 3.08. The standard InChI is InChI=1S/C14H14BrFN2O2/c1-3-7-18-13(11(20-2)8-17-18)14(19)9-5-4-6-10(15)12(9)16/h4-6,8H,3,7H2,1-2H3. The highest BCUT2D eigenvalue weighted by molar-refractivity contribution is 9.10. The van der Waals surface area contributed by atoms with Crippen molar-refractivity contribution in [1.29, 1.82) is 0 Å². The highest BCUT2D eigenvalue weighted by atomic mass is 79.9. The lowest BCUT2D eigenvalue weighted by Gasteiger charge is -2.08. The van der Waals surface area contributed by atoms with E-state index in [1.54, 1.807) is 16.8 Å². The van der Waals surface area contributed by atoms with Crippen LogP contribution in [-0.2, 0) is 6.54 Å². The third kappa shape index (κ3) is 2.60. The van der Waals surface area contributed by atoms with Gasteiger partial charge in [0.25, 0.3) is 0 Å².